The van der Waals surface area contributed by atoms with Crippen LogP contribution in [0.4, 0.5) is 0 Å². The Bertz CT molecular complexity index is 797. The lowest BCUT2D eigenvalue weighted by molar-refractivity contribution is -0.161. The normalized spacial score (nSPS) is 31.0. The number of hydrogen-bond donors (Lipinski definition) is 2. The summed E-state index contributed by atoms with van der Waals surface area (Å²) >= 11 is 1.43. The van der Waals surface area contributed by atoms with E-state index < -0.39 is 22.8 Å². The van der Waals surface area contributed by atoms with Gasteiger partial charge in [-0.05, 0) is 43.9 Å². The first-order valence-corrected chi connectivity index (χ1v) is 9.43. The van der Waals surface area contributed by atoms with Gasteiger partial charge in [-0.1, -0.05) is 5.57 Å². The van der Waals surface area contributed by atoms with E-state index in [2.05, 4.69) is 5.32 Å². The average molecular weight is 376 g/mol. The molecule has 26 heavy (non-hydrogen) atoms. The van der Waals surface area contributed by atoms with E-state index in [1.54, 1.807) is 12.5 Å². The zero-order valence-electron chi connectivity index (χ0n) is 14.5. The maximum Gasteiger partial charge on any atom is 0.327 e. The summed E-state index contributed by atoms with van der Waals surface area (Å²) in [5.74, 6) is -1.53. The first kappa shape index (κ1) is 17.2. The predicted octanol–water partition coefficient (Wildman–Crippen LogP) is 1.53. The molecule has 0 aromatic carbocycles. The van der Waals surface area contributed by atoms with Crippen molar-refractivity contribution < 1.29 is 24.2 Å². The summed E-state index contributed by atoms with van der Waals surface area (Å²) in [5, 5.41) is 11.9. The van der Waals surface area contributed by atoms with Crippen molar-refractivity contribution >= 4 is 29.5 Å². The molecule has 0 radical (unpaired) electrons. The molecule has 8 heteroatoms. The van der Waals surface area contributed by atoms with Crippen LogP contribution in [0.1, 0.15) is 33.1 Å². The van der Waals surface area contributed by atoms with Crippen LogP contribution in [0.15, 0.2) is 35.3 Å². The Morgan fingerprint density at radius 3 is 2.92 bits per heavy atom. The quantitative estimate of drug-likeness (QED) is 0.723. The van der Waals surface area contributed by atoms with Crippen LogP contribution in [0.2, 0.25) is 0 Å². The zero-order valence-corrected chi connectivity index (χ0v) is 15.3. The smallest absolute Gasteiger partial charge is 0.327 e. The summed E-state index contributed by atoms with van der Waals surface area (Å²) < 4.78 is 4.57. The molecule has 1 aliphatic carbocycles. The summed E-state index contributed by atoms with van der Waals surface area (Å²) in [4.78, 5) is 37.8. The number of hydrogen-bond acceptors (Lipinski definition) is 5. The summed E-state index contributed by atoms with van der Waals surface area (Å²) in [6.45, 7) is 3.63. The Kier molecular flexibility index (Phi) is 3.91. The molecular weight excluding hydrogens is 356 g/mol. The minimum absolute atomic E-state index is 0.205. The first-order chi connectivity index (χ1) is 12.3. The molecule has 0 saturated carbocycles. The van der Waals surface area contributed by atoms with Crippen molar-refractivity contribution in [2.24, 2.45) is 0 Å². The highest BCUT2D eigenvalue weighted by atomic mass is 32.2. The van der Waals surface area contributed by atoms with Crippen molar-refractivity contribution in [1.29, 1.82) is 0 Å². The SMILES string of the molecule is CC1(C)SC2C(NC(=O)CC3=C4C=COC=C4CC3)C(=O)N2C1C(=O)O. The van der Waals surface area contributed by atoms with Crippen LogP contribution < -0.4 is 5.32 Å². The second-order valence-corrected chi connectivity index (χ2v) is 9.19. The minimum atomic E-state index is -1.01. The van der Waals surface area contributed by atoms with Crippen molar-refractivity contribution in [2.75, 3.05) is 0 Å². The molecule has 2 saturated heterocycles. The topological polar surface area (TPSA) is 95.9 Å². The number of nitrogens with zero attached hydrogens (tertiary/aromatic N) is 1. The summed E-state index contributed by atoms with van der Waals surface area (Å²) in [5.41, 5.74) is 3.19. The average Bonchev–Trinajstić information content (AvgIpc) is 3.09. The Labute approximate surface area is 155 Å². The number of nitrogens with one attached hydrogen (secondary N) is 1. The second kappa shape index (κ2) is 5.90. The number of β-lactam (4-membered cyclic amide) rings is 1. The van der Waals surface area contributed by atoms with Crippen LogP contribution in [0.25, 0.3) is 0 Å². The first-order valence-electron chi connectivity index (χ1n) is 8.55. The standard InChI is InChI=1S/C18H20N2O5S/c1-18(2)14(17(23)24)20-15(22)13(16(20)26-18)19-12(21)7-9-3-4-10-8-25-6-5-11(9)10/h5-6,8,13-14,16H,3-4,7H2,1-2H3,(H,19,21)(H,23,24). The van der Waals surface area contributed by atoms with Gasteiger partial charge in [-0.3, -0.25) is 9.59 Å². The van der Waals surface area contributed by atoms with Gasteiger partial charge in [0.25, 0.3) is 0 Å². The third-order valence-electron chi connectivity index (χ3n) is 5.31. The van der Waals surface area contributed by atoms with E-state index in [9.17, 15) is 19.5 Å². The molecule has 0 spiro atoms. The van der Waals surface area contributed by atoms with Crippen LogP contribution in [-0.2, 0) is 19.1 Å². The molecule has 3 unspecified atom stereocenters. The maximum absolute atomic E-state index is 12.5. The van der Waals surface area contributed by atoms with Crippen molar-refractivity contribution in [3.05, 3.63) is 35.3 Å². The Balaban J connectivity index is 1.43. The fraction of sp³-hybridized carbons (Fsp3) is 0.500. The number of amides is 2. The number of ether oxygens (including phenoxy) is 1. The van der Waals surface area contributed by atoms with E-state index in [-0.39, 0.29) is 23.6 Å². The lowest BCUT2D eigenvalue weighted by Gasteiger charge is -2.43. The van der Waals surface area contributed by atoms with Crippen molar-refractivity contribution in [1.82, 2.24) is 10.2 Å². The number of fused-ring (bicyclic) bond motifs is 2. The predicted molar refractivity (Wildman–Crippen MR) is 94.8 cm³/mol. The number of allylic oxidation sites excluding steroid dienone is 3. The Hall–Kier alpha value is -2.22. The molecule has 0 aromatic rings. The second-order valence-electron chi connectivity index (χ2n) is 7.42. The fourth-order valence-corrected chi connectivity index (χ4v) is 5.73. The summed E-state index contributed by atoms with van der Waals surface area (Å²) in [7, 11) is 0. The number of carbonyl (C=O) groups is 3. The summed E-state index contributed by atoms with van der Waals surface area (Å²) in [6, 6.07) is -1.51. The monoisotopic (exact) mass is 376 g/mol. The Morgan fingerprint density at radius 2 is 2.19 bits per heavy atom. The third kappa shape index (κ3) is 2.55. The van der Waals surface area contributed by atoms with Gasteiger partial charge in [0, 0.05) is 11.2 Å². The van der Waals surface area contributed by atoms with Gasteiger partial charge < -0.3 is 20.1 Å². The summed E-state index contributed by atoms with van der Waals surface area (Å²) in [6.07, 6.45) is 7.07. The highest BCUT2D eigenvalue weighted by molar-refractivity contribution is 8.01. The lowest BCUT2D eigenvalue weighted by atomic mass is 9.96. The molecule has 138 valence electrons. The van der Waals surface area contributed by atoms with Crippen LogP contribution in [0, 0.1) is 0 Å². The van der Waals surface area contributed by atoms with Crippen molar-refractivity contribution in [3.8, 4) is 0 Å². The van der Waals surface area contributed by atoms with Crippen LogP contribution in [-0.4, -0.2) is 50.0 Å². The molecular formula is C18H20N2O5S. The van der Waals surface area contributed by atoms with Crippen LogP contribution >= 0.6 is 11.8 Å². The molecule has 4 rings (SSSR count). The van der Waals surface area contributed by atoms with Crippen molar-refractivity contribution in [3.63, 3.8) is 0 Å². The van der Waals surface area contributed by atoms with E-state index in [0.717, 1.165) is 29.6 Å². The number of carboxylic acid groups (broad SMARTS) is 1. The van der Waals surface area contributed by atoms with Gasteiger partial charge in [0.05, 0.1) is 12.5 Å². The van der Waals surface area contributed by atoms with E-state index >= 15 is 0 Å². The lowest BCUT2D eigenvalue weighted by Crippen LogP contribution is -2.70. The largest absolute Gasteiger partial charge is 0.480 e. The molecule has 3 heterocycles. The van der Waals surface area contributed by atoms with Gasteiger partial charge in [0.1, 0.15) is 17.5 Å². The number of carbonyl (C=O) groups excluding carboxylic acids is 2. The van der Waals surface area contributed by atoms with Gasteiger partial charge in [0.2, 0.25) is 11.8 Å². The highest BCUT2D eigenvalue weighted by Crippen LogP contribution is 2.50. The molecule has 3 aliphatic heterocycles. The van der Waals surface area contributed by atoms with Crippen molar-refractivity contribution in [2.45, 2.75) is 55.3 Å². The number of thioether (sulfide) groups is 1. The zero-order chi connectivity index (χ0) is 18.6. The molecule has 2 fully saturated rings. The molecule has 2 N–H and O–H groups in total. The molecule has 4 aliphatic rings. The van der Waals surface area contributed by atoms with Crippen LogP contribution in [0.3, 0.4) is 0 Å². The van der Waals surface area contributed by atoms with E-state index in [0.29, 0.717) is 0 Å². The van der Waals surface area contributed by atoms with E-state index in [1.807, 2.05) is 19.9 Å². The Morgan fingerprint density at radius 1 is 1.42 bits per heavy atom. The molecule has 2 amide bonds. The third-order valence-corrected chi connectivity index (χ3v) is 6.88. The number of aliphatic carboxylic acids is 1. The van der Waals surface area contributed by atoms with Gasteiger partial charge in [-0.2, -0.15) is 0 Å². The highest BCUT2D eigenvalue weighted by Gasteiger charge is 2.64. The molecule has 0 aromatic heterocycles. The molecule has 3 atom stereocenters. The van der Waals surface area contributed by atoms with E-state index in [4.69, 9.17) is 4.74 Å². The molecule has 0 bridgehead atoms. The minimum Gasteiger partial charge on any atom is -0.480 e. The van der Waals surface area contributed by atoms with E-state index in [1.165, 1.54) is 16.7 Å². The maximum atomic E-state index is 12.5. The van der Waals surface area contributed by atoms with Gasteiger partial charge >= 0.3 is 5.97 Å². The van der Waals surface area contributed by atoms with Gasteiger partial charge in [-0.15, -0.1) is 11.8 Å². The van der Waals surface area contributed by atoms with Gasteiger partial charge in [0.15, 0.2) is 0 Å². The fourth-order valence-electron chi connectivity index (χ4n) is 4.11. The number of rotatable bonds is 4. The number of carboxylic acids is 1. The van der Waals surface area contributed by atoms with Gasteiger partial charge in [-0.25, -0.2) is 4.79 Å². The molecule has 7 nitrogen and oxygen atoms in total. The van der Waals surface area contributed by atoms with Crippen LogP contribution in [0.5, 0.6) is 0 Å².